The number of rotatable bonds is 2. The molecule has 0 saturated heterocycles. The monoisotopic (exact) mass is 338 g/mol. The first kappa shape index (κ1) is 14.9. The molecule has 2 aromatic rings. The molecule has 4 aliphatic rings. The molecule has 1 aromatic carbocycles. The molecule has 0 radical (unpaired) electrons. The van der Waals surface area contributed by atoms with Gasteiger partial charge in [-0.2, -0.15) is 0 Å². The highest BCUT2D eigenvalue weighted by Gasteiger charge is 2.51. The summed E-state index contributed by atoms with van der Waals surface area (Å²) < 4.78 is 0. The quantitative estimate of drug-likeness (QED) is 0.736. The van der Waals surface area contributed by atoms with Crippen LogP contribution in [-0.2, 0) is 9.59 Å². The van der Waals surface area contributed by atoms with Gasteiger partial charge in [-0.05, 0) is 74.5 Å². The molecule has 1 heterocycles. The highest BCUT2D eigenvalue weighted by atomic mass is 16.2. The molecule has 4 bridgehead atoms. The number of hydrogen-bond acceptors (Lipinski definition) is 3. The van der Waals surface area contributed by atoms with E-state index in [1.54, 1.807) is 18.5 Å². The maximum absolute atomic E-state index is 12.5. The van der Waals surface area contributed by atoms with E-state index in [0.717, 1.165) is 48.0 Å². The Labute approximate surface area is 145 Å². The Morgan fingerprint density at radius 3 is 2.40 bits per heavy atom. The van der Waals surface area contributed by atoms with Crippen molar-refractivity contribution in [3.05, 3.63) is 24.5 Å². The van der Waals surface area contributed by atoms with Crippen LogP contribution in [0.5, 0.6) is 0 Å². The number of aromatic nitrogens is 2. The van der Waals surface area contributed by atoms with Gasteiger partial charge >= 0.3 is 11.8 Å². The van der Waals surface area contributed by atoms with Crippen LogP contribution < -0.4 is 10.6 Å². The van der Waals surface area contributed by atoms with Crippen molar-refractivity contribution in [3.63, 3.8) is 0 Å². The fourth-order valence-electron chi connectivity index (χ4n) is 5.76. The largest absolute Gasteiger partial charge is 0.345 e. The molecule has 4 fully saturated rings. The van der Waals surface area contributed by atoms with Gasteiger partial charge in [-0.15, -0.1) is 0 Å². The summed E-state index contributed by atoms with van der Waals surface area (Å²) >= 11 is 0. The minimum Gasteiger partial charge on any atom is -0.345 e. The van der Waals surface area contributed by atoms with Crippen molar-refractivity contribution in [2.75, 3.05) is 5.32 Å². The molecule has 2 amide bonds. The summed E-state index contributed by atoms with van der Waals surface area (Å²) in [5.74, 6) is 1.11. The first-order valence-corrected chi connectivity index (χ1v) is 9.15. The first-order valence-electron chi connectivity index (χ1n) is 9.15. The molecule has 1 aromatic heterocycles. The van der Waals surface area contributed by atoms with E-state index in [2.05, 4.69) is 20.6 Å². The van der Waals surface area contributed by atoms with Crippen molar-refractivity contribution in [1.29, 1.82) is 0 Å². The lowest BCUT2D eigenvalue weighted by atomic mass is 9.53. The third-order valence-corrected chi connectivity index (χ3v) is 6.30. The zero-order chi connectivity index (χ0) is 17.0. The standard InChI is InChI=1S/C19H22N4O2/c24-17(22-14-1-2-15-16(6-14)21-10-20-15)18(25)23-19-7-11-3-12(8-19)5-13(4-11)9-19/h1-2,6,10-13H,3-5,7-9H2,(H,20,21)(H,22,24)(H,23,25). The second-order valence-corrected chi connectivity index (χ2v) is 8.24. The van der Waals surface area contributed by atoms with Crippen molar-refractivity contribution in [2.45, 2.75) is 44.1 Å². The van der Waals surface area contributed by atoms with E-state index in [9.17, 15) is 9.59 Å². The molecule has 0 atom stereocenters. The number of imidazole rings is 1. The molecule has 6 rings (SSSR count). The number of carbonyl (C=O) groups is 2. The Hall–Kier alpha value is -2.37. The number of nitrogens with zero attached hydrogens (tertiary/aromatic N) is 1. The highest BCUT2D eigenvalue weighted by Crippen LogP contribution is 2.55. The van der Waals surface area contributed by atoms with Crippen LogP contribution in [0.2, 0.25) is 0 Å². The highest BCUT2D eigenvalue weighted by molar-refractivity contribution is 6.39. The van der Waals surface area contributed by atoms with Crippen LogP contribution >= 0.6 is 0 Å². The molecule has 0 spiro atoms. The van der Waals surface area contributed by atoms with E-state index < -0.39 is 11.8 Å². The predicted molar refractivity (Wildman–Crippen MR) is 93.8 cm³/mol. The van der Waals surface area contributed by atoms with Gasteiger partial charge in [-0.25, -0.2) is 4.98 Å². The van der Waals surface area contributed by atoms with Gasteiger partial charge in [0.15, 0.2) is 0 Å². The second kappa shape index (κ2) is 5.31. The average molecular weight is 338 g/mol. The Kier molecular flexibility index (Phi) is 3.17. The van der Waals surface area contributed by atoms with Crippen LogP contribution in [0, 0.1) is 17.8 Å². The third-order valence-electron chi connectivity index (χ3n) is 6.30. The van der Waals surface area contributed by atoms with Gasteiger partial charge in [0.25, 0.3) is 0 Å². The summed E-state index contributed by atoms with van der Waals surface area (Å²) in [6.07, 6.45) is 8.66. The summed E-state index contributed by atoms with van der Waals surface area (Å²) in [6, 6.07) is 5.37. The van der Waals surface area contributed by atoms with Crippen molar-refractivity contribution in [2.24, 2.45) is 17.8 Å². The summed E-state index contributed by atoms with van der Waals surface area (Å²) in [4.78, 5) is 32.0. The van der Waals surface area contributed by atoms with Gasteiger partial charge in [0.05, 0.1) is 17.4 Å². The van der Waals surface area contributed by atoms with E-state index in [-0.39, 0.29) is 5.54 Å². The maximum Gasteiger partial charge on any atom is 0.313 e. The number of nitrogens with one attached hydrogen (secondary N) is 3. The van der Waals surface area contributed by atoms with Crippen LogP contribution in [0.3, 0.4) is 0 Å². The van der Waals surface area contributed by atoms with Gasteiger partial charge in [0.1, 0.15) is 0 Å². The SMILES string of the molecule is O=C(Nc1ccc2nc[nH]c2c1)C(=O)NC12CC3CC(CC(C3)C1)C2. The minimum atomic E-state index is -0.588. The van der Waals surface area contributed by atoms with Gasteiger partial charge in [-0.1, -0.05) is 0 Å². The van der Waals surface area contributed by atoms with Gasteiger partial charge in [0, 0.05) is 11.2 Å². The zero-order valence-electron chi connectivity index (χ0n) is 14.0. The Balaban J connectivity index is 1.28. The number of amides is 2. The van der Waals surface area contributed by atoms with E-state index in [0.29, 0.717) is 5.69 Å². The average Bonchev–Trinajstić information content (AvgIpc) is 3.00. The molecule has 0 unspecified atom stereocenters. The summed E-state index contributed by atoms with van der Waals surface area (Å²) in [7, 11) is 0. The molecule has 6 heteroatoms. The fourth-order valence-corrected chi connectivity index (χ4v) is 5.76. The van der Waals surface area contributed by atoms with Gasteiger partial charge in [-0.3, -0.25) is 9.59 Å². The first-order chi connectivity index (χ1) is 12.1. The van der Waals surface area contributed by atoms with E-state index in [4.69, 9.17) is 0 Å². The van der Waals surface area contributed by atoms with E-state index in [1.165, 1.54) is 19.3 Å². The van der Waals surface area contributed by atoms with E-state index >= 15 is 0 Å². The number of anilines is 1. The lowest BCUT2D eigenvalue weighted by Crippen LogP contribution is -2.61. The summed E-state index contributed by atoms with van der Waals surface area (Å²) in [6.45, 7) is 0. The van der Waals surface area contributed by atoms with Crippen molar-refractivity contribution in [1.82, 2.24) is 15.3 Å². The zero-order valence-corrected chi connectivity index (χ0v) is 14.0. The summed E-state index contributed by atoms with van der Waals surface area (Å²) in [5.41, 5.74) is 2.12. The molecule has 6 nitrogen and oxygen atoms in total. The van der Waals surface area contributed by atoms with Crippen molar-refractivity contribution in [3.8, 4) is 0 Å². The molecular formula is C19H22N4O2. The van der Waals surface area contributed by atoms with Crippen LogP contribution in [0.25, 0.3) is 11.0 Å². The molecule has 130 valence electrons. The minimum absolute atomic E-state index is 0.142. The lowest BCUT2D eigenvalue weighted by Gasteiger charge is -2.56. The molecule has 3 N–H and O–H groups in total. The fraction of sp³-hybridized carbons (Fsp3) is 0.526. The second-order valence-electron chi connectivity index (χ2n) is 8.24. The molecule has 0 aliphatic heterocycles. The number of carbonyl (C=O) groups excluding carboxylic acids is 2. The number of hydrogen-bond donors (Lipinski definition) is 3. The molecule has 4 aliphatic carbocycles. The normalized spacial score (nSPS) is 32.7. The van der Waals surface area contributed by atoms with Crippen LogP contribution in [0.15, 0.2) is 24.5 Å². The van der Waals surface area contributed by atoms with E-state index in [1.807, 2.05) is 6.07 Å². The third kappa shape index (κ3) is 2.60. The lowest BCUT2D eigenvalue weighted by molar-refractivity contribution is -0.139. The number of H-pyrrole nitrogens is 1. The molecule has 4 saturated carbocycles. The van der Waals surface area contributed by atoms with Gasteiger partial charge in [0.2, 0.25) is 0 Å². The predicted octanol–water partition coefficient (Wildman–Crippen LogP) is 2.59. The number of aromatic amines is 1. The van der Waals surface area contributed by atoms with Crippen molar-refractivity contribution >= 4 is 28.5 Å². The molecule has 25 heavy (non-hydrogen) atoms. The van der Waals surface area contributed by atoms with Crippen molar-refractivity contribution < 1.29 is 9.59 Å². The molecular weight excluding hydrogens is 316 g/mol. The van der Waals surface area contributed by atoms with Crippen LogP contribution in [0.4, 0.5) is 5.69 Å². The Morgan fingerprint density at radius 2 is 1.72 bits per heavy atom. The Bertz CT molecular complexity index is 821. The maximum atomic E-state index is 12.5. The number of fused-ring (bicyclic) bond motifs is 1. The Morgan fingerprint density at radius 1 is 1.04 bits per heavy atom. The van der Waals surface area contributed by atoms with Crippen LogP contribution in [-0.4, -0.2) is 27.3 Å². The topological polar surface area (TPSA) is 86.9 Å². The number of benzene rings is 1. The summed E-state index contributed by atoms with van der Waals surface area (Å²) in [5, 5.41) is 5.81. The van der Waals surface area contributed by atoms with Gasteiger partial charge < -0.3 is 15.6 Å². The smallest absolute Gasteiger partial charge is 0.313 e. The van der Waals surface area contributed by atoms with Crippen LogP contribution in [0.1, 0.15) is 38.5 Å².